The normalized spacial score (nSPS) is 16.8. The molecule has 0 bridgehead atoms. The molecule has 1 aliphatic carbocycles. The molecule has 16 nitrogen and oxygen atoms in total. The fourth-order valence-corrected chi connectivity index (χ4v) is 15.7. The standard InChI is InChI=1S/C19H26N2O2.C16H23NO2.C16H23NO.C14H19NO.C13H17NO.C13H19N.C11H14N2/c1-19(2,3)15-6-7-16-14(12-15)13-17(23-16)18(22)20-8-11-21-9-4-5-10-21;1-15(2,3)11-6-7-12-13(10-11)17(8-9-18)14(19)16(12,4)5;1-5-15(18)14-8-6-11-10-12(16(2,3)4)7-9-13(11)17-14;1-10(16)15-8-7-11-5-6-12(9-13(11)15)14(2,3)4;1-13(2,3)10-4-5-11-9(8-10)6-7-14-12(11)15;1-13(2,3)11-5-4-9-7-12(14)8-10(9)6-11;1-11(2,3)9-4-5-10-8(6-9)7-12-13-10/h6-7,12-13H,4-5,8-11H2,1-3H3,(H,20,22);6-7,10,18H,8-9H2,1-5H3;7,9-10,14,17H,5-6,8H2,1-4H3;5-6,9H,7-8H2,1-4H3;4-5,8H,6-7H2,1-3H3,(H,14,15);4-6,12H,7-8,14H2,1-3H3;4-7H,1-3H3,(H,12,13). The smallest absolute Gasteiger partial charge is 0.287 e. The summed E-state index contributed by atoms with van der Waals surface area (Å²) in [6.45, 7) is 59.6. The van der Waals surface area contributed by atoms with Crippen molar-refractivity contribution in [1.29, 1.82) is 0 Å². The van der Waals surface area contributed by atoms with Gasteiger partial charge in [-0.3, -0.25) is 29.1 Å². The SMILES string of the molecule is CC(=O)N1CCc2ccc(C(C)(C)C)cc21.CC(C)(C)c1ccc2[nH]ncc2c1.CC(C)(C)c1ccc2c(c1)CC(N)C2.CC(C)(C)c1ccc2c(c1)CCNC2=O.CC(C)(C)c1ccc2c(c1)N(CCO)C(=O)C2(C)C.CC(C)(C)c1ccc2oc(C(=O)NCCN3CCCC3)cc2c1.CCC(=O)C1CCc2cc(C(C)(C)C)ccc2N1. The van der Waals surface area contributed by atoms with Crippen molar-refractivity contribution < 1.29 is 33.5 Å². The van der Waals surface area contributed by atoms with Crippen LogP contribution >= 0.6 is 0 Å². The van der Waals surface area contributed by atoms with Crippen molar-refractivity contribution in [3.63, 3.8) is 0 Å². The zero-order valence-electron chi connectivity index (χ0n) is 76.2. The van der Waals surface area contributed by atoms with E-state index in [2.05, 4.69) is 292 Å². The predicted octanol–water partition coefficient (Wildman–Crippen LogP) is 20.3. The van der Waals surface area contributed by atoms with Crippen molar-refractivity contribution in [1.82, 2.24) is 25.7 Å². The van der Waals surface area contributed by atoms with Crippen molar-refractivity contribution in [2.24, 2.45) is 5.73 Å². The highest BCUT2D eigenvalue weighted by atomic mass is 16.3. The second-order valence-electron chi connectivity index (χ2n) is 40.8. The summed E-state index contributed by atoms with van der Waals surface area (Å²) in [5, 5.41) is 27.5. The number of Topliss-reactive ketones (excluding diaryl/α,β-unsaturated/α-hetero) is 1. The van der Waals surface area contributed by atoms with Gasteiger partial charge in [-0.25, -0.2) is 0 Å². The van der Waals surface area contributed by atoms with Gasteiger partial charge in [0.05, 0.1) is 29.8 Å². The Morgan fingerprint density at radius 1 is 0.559 bits per heavy atom. The lowest BCUT2D eigenvalue weighted by Gasteiger charge is -2.28. The molecule has 2 atom stereocenters. The Balaban J connectivity index is 0.000000158. The summed E-state index contributed by atoms with van der Waals surface area (Å²) in [4.78, 5) is 65.4. The number of aliphatic hydroxyl groups excluding tert-OH is 1. The summed E-state index contributed by atoms with van der Waals surface area (Å²) in [6.07, 6.45) is 11.0. The summed E-state index contributed by atoms with van der Waals surface area (Å²) < 4.78 is 5.69. The molecule has 5 aliphatic heterocycles. The number of aromatic nitrogens is 2. The lowest BCUT2D eigenvalue weighted by atomic mass is 9.82. The highest BCUT2D eigenvalue weighted by Crippen LogP contribution is 2.44. The maximum Gasteiger partial charge on any atom is 0.287 e. The Labute approximate surface area is 706 Å². The van der Waals surface area contributed by atoms with Crippen LogP contribution in [0.5, 0.6) is 0 Å². The summed E-state index contributed by atoms with van der Waals surface area (Å²) in [5.74, 6) is 0.870. The Hall–Kier alpha value is -9.22. The van der Waals surface area contributed by atoms with Crippen molar-refractivity contribution in [2.45, 2.75) is 286 Å². The van der Waals surface area contributed by atoms with Crippen molar-refractivity contribution in [3.8, 4) is 0 Å². The summed E-state index contributed by atoms with van der Waals surface area (Å²) >= 11 is 0. The van der Waals surface area contributed by atoms with E-state index in [4.69, 9.17) is 10.2 Å². The molecule has 7 N–H and O–H groups in total. The zero-order chi connectivity index (χ0) is 87.0. The van der Waals surface area contributed by atoms with Crippen molar-refractivity contribution in [2.75, 3.05) is 67.5 Å². The van der Waals surface area contributed by atoms with Gasteiger partial charge in [-0.1, -0.05) is 231 Å². The van der Waals surface area contributed by atoms with E-state index in [-0.39, 0.29) is 74.2 Å². The minimum Gasteiger partial charge on any atom is -0.451 e. The third-order valence-corrected chi connectivity index (χ3v) is 23.7. The number of hydrogen-bond acceptors (Lipinski definition) is 11. The topological polar surface area (TPSA) is 219 Å². The molecule has 636 valence electrons. The minimum absolute atomic E-state index is 0.0129. The number of anilines is 3. The van der Waals surface area contributed by atoms with Gasteiger partial charge >= 0.3 is 0 Å². The van der Waals surface area contributed by atoms with Crippen LogP contribution in [0.1, 0.15) is 292 Å². The van der Waals surface area contributed by atoms with Crippen LogP contribution in [0, 0.1) is 0 Å². The van der Waals surface area contributed by atoms with Crippen LogP contribution in [0.25, 0.3) is 21.9 Å². The first kappa shape index (κ1) is 92.7. The van der Waals surface area contributed by atoms with E-state index in [0.717, 1.165) is 116 Å². The molecular formula is C102H141N9O7. The molecule has 2 unspecified atom stereocenters. The van der Waals surface area contributed by atoms with Gasteiger partial charge in [-0.15, -0.1) is 0 Å². The van der Waals surface area contributed by atoms with Gasteiger partial charge < -0.3 is 45.9 Å². The van der Waals surface area contributed by atoms with E-state index >= 15 is 0 Å². The molecular weight excluding hydrogens is 1460 g/mol. The Morgan fingerprint density at radius 3 is 1.65 bits per heavy atom. The van der Waals surface area contributed by atoms with Crippen molar-refractivity contribution in [3.05, 3.63) is 223 Å². The number of fused-ring (bicyclic) bond motifs is 7. The molecule has 2 aromatic heterocycles. The van der Waals surface area contributed by atoms with Crippen LogP contribution < -0.4 is 31.5 Å². The Bertz CT molecular complexity index is 5000. The number of benzene rings is 7. The number of carbonyl (C=O) groups excluding carboxylic acids is 5. The lowest BCUT2D eigenvalue weighted by molar-refractivity contribution is -0.122. The number of H-pyrrole nitrogens is 1. The van der Waals surface area contributed by atoms with E-state index in [0.29, 0.717) is 37.1 Å². The molecule has 16 heteroatoms. The quantitative estimate of drug-likeness (QED) is 0.0840. The number of aromatic amines is 1. The molecule has 0 spiro atoms. The average Bonchev–Trinajstić information content (AvgIpc) is 1.59. The number of nitrogens with zero attached hydrogens (tertiary/aromatic N) is 4. The highest BCUT2D eigenvalue weighted by molar-refractivity contribution is 6.08. The maximum absolute atomic E-state index is 12.4. The number of furan rings is 1. The van der Waals surface area contributed by atoms with E-state index in [1.807, 2.05) is 50.1 Å². The molecule has 9 aromatic rings. The van der Waals surface area contributed by atoms with Gasteiger partial charge in [0.15, 0.2) is 11.5 Å². The van der Waals surface area contributed by atoms with Crippen LogP contribution in [0.4, 0.5) is 17.1 Å². The number of rotatable bonds is 8. The first-order valence-electron chi connectivity index (χ1n) is 43.2. The predicted molar refractivity (Wildman–Crippen MR) is 490 cm³/mol. The molecule has 0 saturated carbocycles. The third-order valence-electron chi connectivity index (χ3n) is 23.7. The fraction of sp³-hybridized carbons (Fsp3) is 0.510. The monoisotopic (exact) mass is 1600 g/mol. The first-order chi connectivity index (χ1) is 54.9. The molecule has 7 heterocycles. The molecule has 0 radical (unpaired) electrons. The van der Waals surface area contributed by atoms with E-state index in [1.165, 1.54) is 85.0 Å². The molecule has 7 aromatic carbocycles. The van der Waals surface area contributed by atoms with Crippen LogP contribution in [0.15, 0.2) is 144 Å². The van der Waals surface area contributed by atoms with Crippen molar-refractivity contribution >= 4 is 68.3 Å². The second-order valence-corrected chi connectivity index (χ2v) is 40.8. The van der Waals surface area contributed by atoms with Crippen LogP contribution in [0.2, 0.25) is 0 Å². The molecule has 1 saturated heterocycles. The van der Waals surface area contributed by atoms with Crippen LogP contribution in [-0.2, 0) is 89.8 Å². The number of aliphatic hydroxyl groups is 1. The molecule has 15 rings (SSSR count). The average molecular weight is 1610 g/mol. The first-order valence-corrected chi connectivity index (χ1v) is 43.2. The zero-order valence-corrected chi connectivity index (χ0v) is 76.2. The fourth-order valence-electron chi connectivity index (χ4n) is 15.7. The van der Waals surface area contributed by atoms with Crippen LogP contribution in [-0.4, -0.2) is 114 Å². The minimum atomic E-state index is -0.499. The highest BCUT2D eigenvalue weighted by Gasteiger charge is 2.44. The molecule has 4 amide bonds. The summed E-state index contributed by atoms with van der Waals surface area (Å²) in [7, 11) is 0. The van der Waals surface area contributed by atoms with Gasteiger partial charge in [0.2, 0.25) is 11.8 Å². The van der Waals surface area contributed by atoms with Gasteiger partial charge in [0.25, 0.3) is 11.8 Å². The van der Waals surface area contributed by atoms with Gasteiger partial charge in [0, 0.05) is 85.5 Å². The molecule has 6 aliphatic rings. The number of ketones is 1. The Morgan fingerprint density at radius 2 is 1.07 bits per heavy atom. The van der Waals surface area contributed by atoms with Gasteiger partial charge in [-0.2, -0.15) is 5.10 Å². The third kappa shape index (κ3) is 23.9. The van der Waals surface area contributed by atoms with E-state index in [9.17, 15) is 29.1 Å². The molecule has 118 heavy (non-hydrogen) atoms. The summed E-state index contributed by atoms with van der Waals surface area (Å²) in [5.41, 5.74) is 29.4. The second kappa shape index (κ2) is 37.6. The number of nitrogens with two attached hydrogens (primary N) is 1. The van der Waals surface area contributed by atoms with E-state index in [1.54, 1.807) is 11.8 Å². The lowest BCUT2D eigenvalue weighted by Crippen LogP contribution is -2.37. The van der Waals surface area contributed by atoms with Gasteiger partial charge in [0.1, 0.15) is 5.58 Å². The Kier molecular flexibility index (Phi) is 29.5. The number of amides is 4. The number of likely N-dealkylation sites (tertiary alicyclic amines) is 1. The van der Waals surface area contributed by atoms with E-state index < -0.39 is 5.41 Å². The summed E-state index contributed by atoms with van der Waals surface area (Å²) in [6, 6.07) is 47.2. The molecule has 1 fully saturated rings. The number of hydrogen-bond donors (Lipinski definition) is 6. The van der Waals surface area contributed by atoms with Gasteiger partial charge in [-0.05, 0) is 243 Å². The number of nitrogens with one attached hydrogen (secondary N) is 4. The number of carbonyl (C=O) groups is 5. The number of aryl methyl sites for hydroxylation is 1. The number of β-amino-alcohol motifs (C(OH)–C–C–N with tert-alkyl or cyclic N) is 1. The van der Waals surface area contributed by atoms with Crippen LogP contribution in [0.3, 0.4) is 0 Å². The largest absolute Gasteiger partial charge is 0.451 e. The maximum atomic E-state index is 12.4.